The van der Waals surface area contributed by atoms with E-state index in [1.54, 1.807) is 12.1 Å². The molecule has 20 heavy (non-hydrogen) atoms. The molecule has 1 aromatic rings. The summed E-state index contributed by atoms with van der Waals surface area (Å²) < 4.78 is 31.0. The Morgan fingerprint density at radius 1 is 1.40 bits per heavy atom. The van der Waals surface area contributed by atoms with Crippen molar-refractivity contribution in [3.05, 3.63) is 18.2 Å². The van der Waals surface area contributed by atoms with E-state index in [2.05, 4.69) is 10.0 Å². The molecule has 0 aromatic heterocycles. The Bertz CT molecular complexity index is 575. The summed E-state index contributed by atoms with van der Waals surface area (Å²) in [5, 5.41) is 2.59. The lowest BCUT2D eigenvalue weighted by molar-refractivity contribution is -0.114. The first-order valence-corrected chi connectivity index (χ1v) is 8.08. The Morgan fingerprint density at radius 2 is 2.10 bits per heavy atom. The summed E-state index contributed by atoms with van der Waals surface area (Å²) in [4.78, 5) is 11.0. The fourth-order valence-corrected chi connectivity index (χ4v) is 2.93. The van der Waals surface area contributed by atoms with Crippen LogP contribution in [0.2, 0.25) is 0 Å². The second kappa shape index (κ2) is 7.35. The maximum Gasteiger partial charge on any atom is 0.232 e. The predicted octanol–water partition coefficient (Wildman–Crippen LogP) is 2.02. The smallest absolute Gasteiger partial charge is 0.232 e. The number of alkyl halides is 1. The first kappa shape index (κ1) is 16.6. The van der Waals surface area contributed by atoms with Crippen LogP contribution >= 0.6 is 11.6 Å². The number of anilines is 2. The second-order valence-electron chi connectivity index (χ2n) is 4.06. The maximum absolute atomic E-state index is 11.7. The molecule has 0 spiro atoms. The van der Waals surface area contributed by atoms with Gasteiger partial charge in [-0.3, -0.25) is 9.52 Å². The van der Waals surface area contributed by atoms with Crippen LogP contribution in [-0.2, 0) is 14.8 Å². The third-order valence-corrected chi connectivity index (χ3v) is 3.97. The molecule has 0 heterocycles. The van der Waals surface area contributed by atoms with E-state index in [1.807, 2.05) is 0 Å². The molecule has 0 saturated carbocycles. The number of hydrogen-bond acceptors (Lipinski definition) is 4. The van der Waals surface area contributed by atoms with Gasteiger partial charge in [-0.2, -0.15) is 0 Å². The van der Waals surface area contributed by atoms with E-state index in [1.165, 1.54) is 20.1 Å². The predicted molar refractivity (Wildman–Crippen MR) is 80.0 cm³/mol. The molecule has 0 bridgehead atoms. The van der Waals surface area contributed by atoms with Crippen molar-refractivity contribution in [2.45, 2.75) is 13.3 Å². The normalized spacial score (nSPS) is 10.9. The molecule has 1 rings (SSSR count). The molecule has 1 aromatic carbocycles. The zero-order chi connectivity index (χ0) is 15.2. The van der Waals surface area contributed by atoms with Crippen LogP contribution in [0.4, 0.5) is 11.4 Å². The van der Waals surface area contributed by atoms with E-state index in [9.17, 15) is 13.2 Å². The van der Waals surface area contributed by atoms with E-state index in [-0.39, 0.29) is 17.5 Å². The summed E-state index contributed by atoms with van der Waals surface area (Å²) in [6.07, 6.45) is 0.373. The molecule has 0 saturated heterocycles. The van der Waals surface area contributed by atoms with Crippen LogP contribution in [0.1, 0.15) is 13.3 Å². The van der Waals surface area contributed by atoms with Gasteiger partial charge < -0.3 is 10.1 Å². The number of rotatable bonds is 7. The number of sulfonamides is 1. The molecule has 0 aliphatic rings. The molecule has 0 atom stereocenters. The van der Waals surface area contributed by atoms with Crippen molar-refractivity contribution in [1.82, 2.24) is 0 Å². The summed E-state index contributed by atoms with van der Waals surface area (Å²) >= 11 is 5.48. The van der Waals surface area contributed by atoms with Gasteiger partial charge in [0.1, 0.15) is 5.75 Å². The highest BCUT2D eigenvalue weighted by molar-refractivity contribution is 7.92. The molecular formula is C12H17ClN2O4S. The van der Waals surface area contributed by atoms with Gasteiger partial charge in [0.2, 0.25) is 15.9 Å². The highest BCUT2D eigenvalue weighted by Gasteiger charge is 2.12. The van der Waals surface area contributed by atoms with E-state index < -0.39 is 10.0 Å². The molecule has 2 N–H and O–H groups in total. The van der Waals surface area contributed by atoms with Crippen LogP contribution in [0.5, 0.6) is 5.75 Å². The molecule has 112 valence electrons. The second-order valence-corrected chi connectivity index (χ2v) is 6.28. The third-order valence-electron chi connectivity index (χ3n) is 2.33. The van der Waals surface area contributed by atoms with Gasteiger partial charge in [-0.1, -0.05) is 0 Å². The standard InChI is InChI=1S/C12H17ClN2O4S/c1-9(16)14-11-5-4-10(8-12(11)19-2)15-20(17,18)7-3-6-13/h4-5,8,15H,3,6-7H2,1-2H3,(H,14,16). The van der Waals surface area contributed by atoms with E-state index in [0.717, 1.165) is 0 Å². The van der Waals surface area contributed by atoms with Crippen molar-refractivity contribution in [3.8, 4) is 5.75 Å². The average molecular weight is 321 g/mol. The van der Waals surface area contributed by atoms with Crippen LogP contribution in [0.3, 0.4) is 0 Å². The minimum atomic E-state index is -3.44. The molecule has 0 radical (unpaired) electrons. The SMILES string of the molecule is COc1cc(NS(=O)(=O)CCCCl)ccc1NC(C)=O. The lowest BCUT2D eigenvalue weighted by atomic mass is 10.2. The largest absolute Gasteiger partial charge is 0.494 e. The van der Waals surface area contributed by atoms with E-state index in [0.29, 0.717) is 23.5 Å². The van der Waals surface area contributed by atoms with Crippen molar-refractivity contribution in [2.75, 3.05) is 28.8 Å². The number of halogens is 1. The average Bonchev–Trinajstić information content (AvgIpc) is 2.37. The Balaban J connectivity index is 2.90. The van der Waals surface area contributed by atoms with Gasteiger partial charge in [-0.15, -0.1) is 11.6 Å². The molecular weight excluding hydrogens is 304 g/mol. The number of methoxy groups -OCH3 is 1. The minimum Gasteiger partial charge on any atom is -0.494 e. The first-order chi connectivity index (χ1) is 9.38. The molecule has 0 aliphatic heterocycles. The molecule has 0 fully saturated rings. The lowest BCUT2D eigenvalue weighted by Crippen LogP contribution is -2.17. The topological polar surface area (TPSA) is 84.5 Å². The monoisotopic (exact) mass is 320 g/mol. The summed E-state index contributed by atoms with van der Waals surface area (Å²) in [5.74, 6) is 0.370. The van der Waals surface area contributed by atoms with E-state index >= 15 is 0 Å². The number of ether oxygens (including phenoxy) is 1. The van der Waals surface area contributed by atoms with Crippen molar-refractivity contribution in [3.63, 3.8) is 0 Å². The van der Waals surface area contributed by atoms with Gasteiger partial charge in [-0.25, -0.2) is 8.42 Å². The summed E-state index contributed by atoms with van der Waals surface area (Å²) in [6, 6.07) is 4.62. The first-order valence-electron chi connectivity index (χ1n) is 5.90. The van der Waals surface area contributed by atoms with Gasteiger partial charge in [0.15, 0.2) is 0 Å². The van der Waals surface area contributed by atoms with Crippen molar-refractivity contribution in [1.29, 1.82) is 0 Å². The number of nitrogens with one attached hydrogen (secondary N) is 2. The highest BCUT2D eigenvalue weighted by atomic mass is 35.5. The molecule has 6 nitrogen and oxygen atoms in total. The maximum atomic E-state index is 11.7. The number of amides is 1. The Morgan fingerprint density at radius 3 is 2.65 bits per heavy atom. The Labute approximate surface area is 123 Å². The van der Waals surface area contributed by atoms with Crippen LogP contribution in [-0.4, -0.2) is 33.1 Å². The molecule has 0 unspecified atom stereocenters. The van der Waals surface area contributed by atoms with Crippen molar-refractivity contribution in [2.24, 2.45) is 0 Å². The van der Waals surface area contributed by atoms with Crippen LogP contribution in [0.25, 0.3) is 0 Å². The third kappa shape index (κ3) is 5.26. The van der Waals surface area contributed by atoms with Crippen LogP contribution in [0.15, 0.2) is 18.2 Å². The minimum absolute atomic E-state index is 0.0493. The highest BCUT2D eigenvalue weighted by Crippen LogP contribution is 2.28. The summed E-state index contributed by atoms with van der Waals surface area (Å²) in [5.41, 5.74) is 0.842. The van der Waals surface area contributed by atoms with Gasteiger partial charge in [0.05, 0.1) is 24.2 Å². The molecule has 1 amide bonds. The Hall–Kier alpha value is -1.47. The fraction of sp³-hybridized carbons (Fsp3) is 0.417. The van der Waals surface area contributed by atoms with Crippen LogP contribution < -0.4 is 14.8 Å². The van der Waals surface area contributed by atoms with E-state index in [4.69, 9.17) is 16.3 Å². The molecule has 0 aliphatic carbocycles. The summed E-state index contributed by atoms with van der Waals surface area (Å²) in [6.45, 7) is 1.38. The van der Waals surface area contributed by atoms with Gasteiger partial charge in [0.25, 0.3) is 0 Å². The van der Waals surface area contributed by atoms with Gasteiger partial charge >= 0.3 is 0 Å². The zero-order valence-corrected chi connectivity index (χ0v) is 12.8. The quantitative estimate of drug-likeness (QED) is 0.753. The fourth-order valence-electron chi connectivity index (χ4n) is 1.52. The van der Waals surface area contributed by atoms with Gasteiger partial charge in [0, 0.05) is 18.9 Å². The van der Waals surface area contributed by atoms with Crippen molar-refractivity contribution >= 4 is 38.9 Å². The zero-order valence-electron chi connectivity index (χ0n) is 11.3. The van der Waals surface area contributed by atoms with Gasteiger partial charge in [-0.05, 0) is 18.6 Å². The van der Waals surface area contributed by atoms with Crippen LogP contribution in [0, 0.1) is 0 Å². The Kier molecular flexibility index (Phi) is 6.09. The number of carbonyl (C=O) groups excluding carboxylic acids is 1. The summed E-state index contributed by atoms with van der Waals surface area (Å²) in [7, 11) is -2.00. The molecule has 8 heteroatoms. The lowest BCUT2D eigenvalue weighted by Gasteiger charge is -2.12. The number of benzene rings is 1. The van der Waals surface area contributed by atoms with Crippen molar-refractivity contribution < 1.29 is 17.9 Å². The number of hydrogen-bond donors (Lipinski definition) is 2. The number of carbonyl (C=O) groups is 1.